The lowest BCUT2D eigenvalue weighted by atomic mass is 10.2. The zero-order chi connectivity index (χ0) is 13.8. The van der Waals surface area contributed by atoms with Crippen molar-refractivity contribution in [3.63, 3.8) is 0 Å². The van der Waals surface area contributed by atoms with Crippen LogP contribution in [0.2, 0.25) is 0 Å². The number of hydrogen-bond acceptors (Lipinski definition) is 4. The van der Waals surface area contributed by atoms with Gasteiger partial charge in [-0.3, -0.25) is 9.59 Å². The minimum atomic E-state index is -0.257. The average molecular weight is 323 g/mol. The highest BCUT2D eigenvalue weighted by Gasteiger charge is 2.05. The van der Waals surface area contributed by atoms with Gasteiger partial charge in [-0.05, 0) is 40.2 Å². The molecule has 0 aliphatic rings. The molecule has 1 heterocycles. The van der Waals surface area contributed by atoms with E-state index in [2.05, 4.69) is 36.5 Å². The molecule has 2 rings (SSSR count). The molecule has 3 N–H and O–H groups in total. The highest BCUT2D eigenvalue weighted by atomic mass is 79.9. The summed E-state index contributed by atoms with van der Waals surface area (Å²) in [6.45, 7) is 1.45. The normalized spacial score (nSPS) is 10.0. The number of aromatic amines is 1. The number of hydrogen-bond donors (Lipinski definition) is 3. The van der Waals surface area contributed by atoms with Crippen LogP contribution < -0.4 is 16.2 Å². The largest absolute Gasteiger partial charge is 0.339 e. The van der Waals surface area contributed by atoms with E-state index in [-0.39, 0.29) is 11.5 Å². The molecule has 7 heteroatoms. The van der Waals surface area contributed by atoms with Crippen LogP contribution in [-0.2, 0) is 4.79 Å². The van der Waals surface area contributed by atoms with Crippen molar-refractivity contribution in [2.24, 2.45) is 0 Å². The lowest BCUT2D eigenvalue weighted by Gasteiger charge is -2.07. The van der Waals surface area contributed by atoms with Crippen molar-refractivity contribution in [1.29, 1.82) is 0 Å². The summed E-state index contributed by atoms with van der Waals surface area (Å²) >= 11 is 3.16. The highest BCUT2D eigenvalue weighted by molar-refractivity contribution is 9.10. The first-order valence-corrected chi connectivity index (χ1v) is 6.23. The third-order valence-corrected chi connectivity index (χ3v) is 3.00. The molecular weight excluding hydrogens is 312 g/mol. The van der Waals surface area contributed by atoms with Crippen LogP contribution in [0.15, 0.2) is 39.9 Å². The fourth-order valence-corrected chi connectivity index (χ4v) is 1.76. The summed E-state index contributed by atoms with van der Waals surface area (Å²) in [6.07, 6.45) is 1.32. The Balaban J connectivity index is 2.17. The molecule has 98 valence electrons. The van der Waals surface area contributed by atoms with E-state index in [0.29, 0.717) is 16.0 Å². The number of nitrogens with one attached hydrogen (secondary N) is 3. The van der Waals surface area contributed by atoms with E-state index in [0.717, 1.165) is 5.69 Å². The Labute approximate surface area is 117 Å². The second kappa shape index (κ2) is 5.66. The van der Waals surface area contributed by atoms with Crippen molar-refractivity contribution in [2.75, 3.05) is 10.6 Å². The van der Waals surface area contributed by atoms with E-state index in [9.17, 15) is 9.59 Å². The van der Waals surface area contributed by atoms with Gasteiger partial charge >= 0.3 is 0 Å². The van der Waals surface area contributed by atoms with E-state index in [1.807, 2.05) is 0 Å². The van der Waals surface area contributed by atoms with Crippen LogP contribution in [0, 0.1) is 0 Å². The fraction of sp³-hybridized carbons (Fsp3) is 0.0833. The van der Waals surface area contributed by atoms with Crippen LogP contribution in [0.3, 0.4) is 0 Å². The molecule has 0 aliphatic heterocycles. The van der Waals surface area contributed by atoms with Gasteiger partial charge in [-0.1, -0.05) is 0 Å². The Hall–Kier alpha value is -2.15. The standard InChI is InChI=1S/C12H11BrN4O2/c1-7(18)16-8-2-4-9(5-3-8)17-11-10(13)12(19)15-6-14-11/h2-6H,1H3,(H,16,18)(H2,14,15,17,19). The van der Waals surface area contributed by atoms with Crippen molar-refractivity contribution < 1.29 is 4.79 Å². The van der Waals surface area contributed by atoms with Crippen LogP contribution in [-0.4, -0.2) is 15.9 Å². The molecule has 0 bridgehead atoms. The monoisotopic (exact) mass is 322 g/mol. The molecule has 1 aromatic carbocycles. The van der Waals surface area contributed by atoms with Crippen LogP contribution >= 0.6 is 15.9 Å². The molecule has 1 amide bonds. The molecule has 0 unspecified atom stereocenters. The number of H-pyrrole nitrogens is 1. The first kappa shape index (κ1) is 13.3. The van der Waals surface area contributed by atoms with Crippen LogP contribution in [0.4, 0.5) is 17.2 Å². The van der Waals surface area contributed by atoms with E-state index >= 15 is 0 Å². The Morgan fingerprint density at radius 1 is 1.26 bits per heavy atom. The Morgan fingerprint density at radius 3 is 2.53 bits per heavy atom. The minimum absolute atomic E-state index is 0.125. The van der Waals surface area contributed by atoms with Crippen LogP contribution in [0.25, 0.3) is 0 Å². The lowest BCUT2D eigenvalue weighted by molar-refractivity contribution is -0.114. The summed E-state index contributed by atoms with van der Waals surface area (Å²) in [5, 5.41) is 5.67. The summed E-state index contributed by atoms with van der Waals surface area (Å²) in [5.41, 5.74) is 1.20. The summed E-state index contributed by atoms with van der Waals surface area (Å²) < 4.78 is 0.334. The zero-order valence-electron chi connectivity index (χ0n) is 10.0. The van der Waals surface area contributed by atoms with Gasteiger partial charge in [-0.25, -0.2) is 4.98 Å². The van der Waals surface area contributed by atoms with Gasteiger partial charge in [-0.2, -0.15) is 0 Å². The lowest BCUT2D eigenvalue weighted by Crippen LogP contribution is -2.10. The van der Waals surface area contributed by atoms with Crippen molar-refractivity contribution in [3.8, 4) is 0 Å². The maximum atomic E-state index is 11.4. The van der Waals surface area contributed by atoms with Gasteiger partial charge in [0.25, 0.3) is 5.56 Å². The molecule has 0 saturated heterocycles. The maximum Gasteiger partial charge on any atom is 0.267 e. The number of aromatic nitrogens is 2. The van der Waals surface area contributed by atoms with Gasteiger partial charge < -0.3 is 15.6 Å². The molecular formula is C12H11BrN4O2. The number of benzene rings is 1. The van der Waals surface area contributed by atoms with E-state index in [1.165, 1.54) is 13.3 Å². The van der Waals surface area contributed by atoms with Gasteiger partial charge in [0.05, 0.1) is 6.33 Å². The number of carbonyl (C=O) groups excluding carboxylic acids is 1. The fourth-order valence-electron chi connectivity index (χ4n) is 1.45. The summed E-state index contributed by atoms with van der Waals surface area (Å²) in [4.78, 5) is 28.7. The zero-order valence-corrected chi connectivity index (χ0v) is 11.6. The van der Waals surface area contributed by atoms with Crippen molar-refractivity contribution in [1.82, 2.24) is 9.97 Å². The second-order valence-electron chi connectivity index (χ2n) is 3.78. The predicted molar refractivity (Wildman–Crippen MR) is 76.6 cm³/mol. The third-order valence-electron chi connectivity index (χ3n) is 2.26. The Morgan fingerprint density at radius 2 is 1.89 bits per heavy atom. The van der Waals surface area contributed by atoms with Crippen molar-refractivity contribution in [3.05, 3.63) is 45.4 Å². The Bertz CT molecular complexity index is 652. The second-order valence-corrected chi connectivity index (χ2v) is 4.57. The quantitative estimate of drug-likeness (QED) is 0.808. The van der Waals surface area contributed by atoms with Crippen molar-refractivity contribution >= 4 is 39.0 Å². The Kier molecular flexibility index (Phi) is 3.96. The van der Waals surface area contributed by atoms with Gasteiger partial charge in [-0.15, -0.1) is 0 Å². The maximum absolute atomic E-state index is 11.4. The van der Waals surface area contributed by atoms with Crippen molar-refractivity contribution in [2.45, 2.75) is 6.92 Å². The molecule has 0 aliphatic carbocycles. The van der Waals surface area contributed by atoms with Gasteiger partial charge in [0.1, 0.15) is 4.47 Å². The minimum Gasteiger partial charge on any atom is -0.339 e. The van der Waals surface area contributed by atoms with Gasteiger partial charge in [0.2, 0.25) is 5.91 Å². The molecule has 0 spiro atoms. The molecule has 19 heavy (non-hydrogen) atoms. The number of anilines is 3. The molecule has 0 fully saturated rings. The van der Waals surface area contributed by atoms with E-state index in [4.69, 9.17) is 0 Å². The predicted octanol–water partition coefficient (Wildman–Crippen LogP) is 2.23. The highest BCUT2D eigenvalue weighted by Crippen LogP contribution is 2.21. The molecule has 0 radical (unpaired) electrons. The van der Waals surface area contributed by atoms with Gasteiger partial charge in [0, 0.05) is 18.3 Å². The van der Waals surface area contributed by atoms with Crippen LogP contribution in [0.1, 0.15) is 6.92 Å². The molecule has 1 aromatic heterocycles. The molecule has 6 nitrogen and oxygen atoms in total. The number of carbonyl (C=O) groups is 1. The number of halogens is 1. The smallest absolute Gasteiger partial charge is 0.267 e. The first-order valence-electron chi connectivity index (χ1n) is 5.44. The molecule has 2 aromatic rings. The number of amides is 1. The molecule has 0 saturated carbocycles. The SMILES string of the molecule is CC(=O)Nc1ccc(Nc2nc[nH]c(=O)c2Br)cc1. The molecule has 0 atom stereocenters. The topological polar surface area (TPSA) is 86.9 Å². The van der Waals surface area contributed by atoms with Crippen LogP contribution in [0.5, 0.6) is 0 Å². The van der Waals surface area contributed by atoms with Gasteiger partial charge in [0.15, 0.2) is 5.82 Å². The first-order chi connectivity index (χ1) is 9.06. The number of rotatable bonds is 3. The third kappa shape index (κ3) is 3.41. The van der Waals surface area contributed by atoms with E-state index in [1.54, 1.807) is 24.3 Å². The summed E-state index contributed by atoms with van der Waals surface area (Å²) in [7, 11) is 0. The summed E-state index contributed by atoms with van der Waals surface area (Å²) in [5.74, 6) is 0.302. The van der Waals surface area contributed by atoms with E-state index < -0.39 is 0 Å². The average Bonchev–Trinajstić information content (AvgIpc) is 2.37. The number of nitrogens with zero attached hydrogens (tertiary/aromatic N) is 1. The summed E-state index contributed by atoms with van der Waals surface area (Å²) in [6, 6.07) is 7.07.